The lowest BCUT2D eigenvalue weighted by Crippen LogP contribution is -2.58. The molecule has 2 aliphatic heterocycles. The second-order valence-corrected chi connectivity index (χ2v) is 13.1. The second kappa shape index (κ2) is 12.6. The highest BCUT2D eigenvalue weighted by molar-refractivity contribution is 6.07. The molecule has 46 heavy (non-hydrogen) atoms. The number of rotatable bonds is 8. The summed E-state index contributed by atoms with van der Waals surface area (Å²) in [6, 6.07) is 16.8. The quantitative estimate of drug-likeness (QED) is 0.351. The number of amides is 3. The smallest absolute Gasteiger partial charge is 0.246 e. The molecular formula is C35H36F3N5O3. The molecule has 1 saturated heterocycles. The molecule has 240 valence electrons. The lowest BCUT2D eigenvalue weighted by molar-refractivity contribution is -0.147. The molecule has 2 N–H and O–H groups in total. The van der Waals surface area contributed by atoms with Gasteiger partial charge in [0.15, 0.2) is 11.6 Å². The fraction of sp³-hybridized carbons (Fsp3) is 0.371. The minimum Gasteiger partial charge on any atom is -0.332 e. The number of hydrogen-bond donors (Lipinski definition) is 2. The summed E-state index contributed by atoms with van der Waals surface area (Å²) in [5.41, 5.74) is 0.130. The minimum absolute atomic E-state index is 0.0312. The van der Waals surface area contributed by atoms with Crippen molar-refractivity contribution in [3.8, 4) is 6.07 Å². The van der Waals surface area contributed by atoms with Gasteiger partial charge in [0.25, 0.3) is 0 Å². The molecule has 0 saturated carbocycles. The number of benzene rings is 3. The number of nitrogens with zero attached hydrogens (tertiary/aromatic N) is 3. The van der Waals surface area contributed by atoms with E-state index < -0.39 is 58.2 Å². The summed E-state index contributed by atoms with van der Waals surface area (Å²) in [6.45, 7) is 5.06. The number of anilines is 1. The van der Waals surface area contributed by atoms with Crippen molar-refractivity contribution in [1.29, 1.82) is 5.26 Å². The van der Waals surface area contributed by atoms with Gasteiger partial charge < -0.3 is 20.4 Å². The number of halogens is 3. The average molecular weight is 632 g/mol. The molecule has 4 atom stereocenters. The molecule has 0 radical (unpaired) electrons. The first-order chi connectivity index (χ1) is 21.8. The first-order valence-corrected chi connectivity index (χ1v) is 15.1. The van der Waals surface area contributed by atoms with Crippen LogP contribution in [0, 0.1) is 34.2 Å². The number of nitrogens with one attached hydrogen (secondary N) is 2. The number of carbonyl (C=O) groups excluding carboxylic acids is 3. The van der Waals surface area contributed by atoms with Crippen molar-refractivity contribution in [3.63, 3.8) is 0 Å². The van der Waals surface area contributed by atoms with E-state index in [0.717, 1.165) is 17.2 Å². The molecule has 8 nitrogen and oxygen atoms in total. The SMILES string of the molecule is CN(C(=O)C(NCc1cc(F)c(F)cc1F)C(C)(C)C)[C@@H](Cc1ccccc1)C(=O)N1C[C@]2(C[C@H]1C#N)C(=O)Nc1ccccc12. The van der Waals surface area contributed by atoms with Crippen molar-refractivity contribution in [2.24, 2.45) is 5.41 Å². The van der Waals surface area contributed by atoms with E-state index in [0.29, 0.717) is 11.8 Å². The maximum atomic E-state index is 14.5. The highest BCUT2D eigenvalue weighted by Gasteiger charge is 2.56. The third kappa shape index (κ3) is 6.09. The highest BCUT2D eigenvalue weighted by Crippen LogP contribution is 2.46. The van der Waals surface area contributed by atoms with Gasteiger partial charge in [-0.1, -0.05) is 69.3 Å². The molecule has 3 aromatic carbocycles. The standard InChI is InChI=1S/C35H36F3N5O3/c1-34(2,3)30(40-19-22-15-26(37)27(38)16-25(22)36)32(45)42(4)29(14-21-10-6-5-7-11-21)31(44)43-20-35(17-23(43)18-39)24-12-8-9-13-28(24)41-33(35)46/h5-13,15-16,23,29-30,40H,14,17,19-20H2,1-4H3,(H,41,46)/t23-,29-,30?,35-/m0/s1. The van der Waals surface area contributed by atoms with E-state index in [1.807, 2.05) is 42.5 Å². The number of carbonyl (C=O) groups is 3. The zero-order valence-electron chi connectivity index (χ0n) is 26.1. The van der Waals surface area contributed by atoms with Crippen LogP contribution in [-0.2, 0) is 32.8 Å². The van der Waals surface area contributed by atoms with E-state index >= 15 is 0 Å². The number of fused-ring (bicyclic) bond motifs is 2. The minimum atomic E-state index is -1.32. The maximum Gasteiger partial charge on any atom is 0.246 e. The molecule has 2 heterocycles. The van der Waals surface area contributed by atoms with Gasteiger partial charge in [0, 0.05) is 50.3 Å². The van der Waals surface area contributed by atoms with Gasteiger partial charge >= 0.3 is 0 Å². The second-order valence-electron chi connectivity index (χ2n) is 13.1. The number of likely N-dealkylation sites (N-methyl/N-ethyl adjacent to an activating group) is 1. The van der Waals surface area contributed by atoms with Crippen LogP contribution in [0.3, 0.4) is 0 Å². The zero-order chi connectivity index (χ0) is 33.4. The summed E-state index contributed by atoms with van der Waals surface area (Å²) in [5.74, 6) is -4.74. The Bertz CT molecular complexity index is 1700. The maximum absolute atomic E-state index is 14.5. The van der Waals surface area contributed by atoms with Gasteiger partial charge in [0.2, 0.25) is 17.7 Å². The van der Waals surface area contributed by atoms with Gasteiger partial charge in [-0.05, 0) is 28.7 Å². The molecule has 11 heteroatoms. The van der Waals surface area contributed by atoms with Crippen LogP contribution in [0.25, 0.3) is 0 Å². The van der Waals surface area contributed by atoms with Crippen molar-refractivity contribution in [1.82, 2.24) is 15.1 Å². The summed E-state index contributed by atoms with van der Waals surface area (Å²) in [7, 11) is 1.50. The summed E-state index contributed by atoms with van der Waals surface area (Å²) < 4.78 is 41.9. The van der Waals surface area contributed by atoms with E-state index in [1.165, 1.54) is 16.8 Å². The normalized spacial score (nSPS) is 20.2. The van der Waals surface area contributed by atoms with Crippen LogP contribution in [0.2, 0.25) is 0 Å². The van der Waals surface area contributed by atoms with Gasteiger partial charge in [-0.2, -0.15) is 5.26 Å². The fourth-order valence-electron chi connectivity index (χ4n) is 6.44. The first kappa shape index (κ1) is 32.7. The third-order valence-electron chi connectivity index (χ3n) is 8.99. The van der Waals surface area contributed by atoms with Crippen LogP contribution in [0.15, 0.2) is 66.7 Å². The van der Waals surface area contributed by atoms with Crippen molar-refractivity contribution >= 4 is 23.4 Å². The van der Waals surface area contributed by atoms with Gasteiger partial charge in [-0.3, -0.25) is 14.4 Å². The third-order valence-corrected chi connectivity index (χ3v) is 8.99. The van der Waals surface area contributed by atoms with Crippen molar-refractivity contribution in [2.45, 2.75) is 63.7 Å². The van der Waals surface area contributed by atoms with Crippen molar-refractivity contribution < 1.29 is 27.6 Å². The topological polar surface area (TPSA) is 106 Å². The van der Waals surface area contributed by atoms with Crippen LogP contribution in [0.5, 0.6) is 0 Å². The molecule has 1 unspecified atom stereocenters. The Kier molecular flexibility index (Phi) is 8.96. The summed E-state index contributed by atoms with van der Waals surface area (Å²) in [6.07, 6.45) is 0.237. The van der Waals surface area contributed by atoms with Crippen molar-refractivity contribution in [3.05, 3.63) is 101 Å². The van der Waals surface area contributed by atoms with E-state index in [9.17, 15) is 32.8 Å². The molecule has 3 amide bonds. The van der Waals surface area contributed by atoms with E-state index in [4.69, 9.17) is 0 Å². The molecule has 2 aliphatic rings. The van der Waals surface area contributed by atoms with Gasteiger partial charge in [-0.25, -0.2) is 13.2 Å². The molecule has 3 aromatic rings. The molecular weight excluding hydrogens is 595 g/mol. The number of hydrogen-bond acceptors (Lipinski definition) is 5. The molecule has 1 spiro atoms. The predicted octanol–water partition coefficient (Wildman–Crippen LogP) is 4.69. The molecule has 0 aliphatic carbocycles. The highest BCUT2D eigenvalue weighted by atomic mass is 19.2. The molecule has 0 aromatic heterocycles. The van der Waals surface area contributed by atoms with Crippen molar-refractivity contribution in [2.75, 3.05) is 18.9 Å². The number of nitriles is 1. The van der Waals surface area contributed by atoms with Crippen LogP contribution in [0.4, 0.5) is 18.9 Å². The summed E-state index contributed by atoms with van der Waals surface area (Å²) >= 11 is 0. The predicted molar refractivity (Wildman–Crippen MR) is 166 cm³/mol. The van der Waals surface area contributed by atoms with Crippen LogP contribution < -0.4 is 10.6 Å². The average Bonchev–Trinajstić information content (AvgIpc) is 3.55. The number of likely N-dealkylation sites (tertiary alicyclic amines) is 1. The zero-order valence-corrected chi connectivity index (χ0v) is 26.1. The lowest BCUT2D eigenvalue weighted by atomic mass is 9.80. The van der Waals surface area contributed by atoms with Gasteiger partial charge in [0.05, 0.1) is 17.5 Å². The van der Waals surface area contributed by atoms with E-state index in [-0.39, 0.29) is 37.4 Å². The Morgan fingerprint density at radius 1 is 1.07 bits per heavy atom. The van der Waals surface area contributed by atoms with Gasteiger partial charge in [0.1, 0.15) is 17.9 Å². The van der Waals surface area contributed by atoms with E-state index in [2.05, 4.69) is 16.7 Å². The Morgan fingerprint density at radius 2 is 1.72 bits per heavy atom. The molecule has 0 bridgehead atoms. The number of para-hydroxylation sites is 1. The summed E-state index contributed by atoms with van der Waals surface area (Å²) in [4.78, 5) is 44.8. The Hall–Kier alpha value is -4.69. The Balaban J connectivity index is 1.46. The lowest BCUT2D eigenvalue weighted by Gasteiger charge is -2.38. The Morgan fingerprint density at radius 3 is 2.39 bits per heavy atom. The van der Waals surface area contributed by atoms with Crippen LogP contribution in [0.1, 0.15) is 43.9 Å². The van der Waals surface area contributed by atoms with Crippen LogP contribution in [-0.4, -0.2) is 59.2 Å². The molecule has 1 fully saturated rings. The van der Waals surface area contributed by atoms with Gasteiger partial charge in [-0.15, -0.1) is 0 Å². The fourth-order valence-corrected chi connectivity index (χ4v) is 6.44. The Labute approximate surface area is 266 Å². The molecule has 5 rings (SSSR count). The largest absolute Gasteiger partial charge is 0.332 e. The summed E-state index contributed by atoms with van der Waals surface area (Å²) in [5, 5.41) is 16.0. The first-order valence-electron chi connectivity index (χ1n) is 15.1. The van der Waals surface area contributed by atoms with E-state index in [1.54, 1.807) is 32.9 Å². The monoisotopic (exact) mass is 631 g/mol. The van der Waals surface area contributed by atoms with Crippen LogP contribution >= 0.6 is 0 Å².